The van der Waals surface area contributed by atoms with Crippen molar-refractivity contribution in [3.05, 3.63) is 59.5 Å². The van der Waals surface area contributed by atoms with Gasteiger partial charge in [-0.3, -0.25) is 10.0 Å². The van der Waals surface area contributed by atoms with Gasteiger partial charge in [-0.15, -0.1) is 0 Å². The maximum Gasteiger partial charge on any atom is 0.450 e. The van der Waals surface area contributed by atoms with Crippen LogP contribution in [0.5, 0.6) is 0 Å². The molecule has 1 fully saturated rings. The van der Waals surface area contributed by atoms with Gasteiger partial charge < -0.3 is 10.1 Å². The van der Waals surface area contributed by atoms with Crippen molar-refractivity contribution in [1.29, 1.82) is 0 Å². The number of rotatable bonds is 6. The summed E-state index contributed by atoms with van der Waals surface area (Å²) in [7, 11) is 2.91. The molecule has 0 amide bonds. The van der Waals surface area contributed by atoms with Crippen LogP contribution in [0.1, 0.15) is 43.6 Å². The Bertz CT molecular complexity index is 1520. The van der Waals surface area contributed by atoms with Crippen molar-refractivity contribution >= 4 is 28.8 Å². The lowest BCUT2D eigenvalue weighted by molar-refractivity contribution is -0.0678. The summed E-state index contributed by atoms with van der Waals surface area (Å²) in [6, 6.07) is 7.25. The first-order valence-corrected chi connectivity index (χ1v) is 12.6. The smallest absolute Gasteiger partial charge is 0.450 e. The van der Waals surface area contributed by atoms with E-state index in [1.807, 2.05) is 12.1 Å². The molecule has 0 bridgehead atoms. The number of ether oxygens (including phenoxy) is 1. The number of hydrogen-bond donors (Lipinski definition) is 2. The number of nitrogens with zero attached hydrogens (tertiary/aromatic N) is 7. The number of methoxy groups -OCH3 is 1. The minimum absolute atomic E-state index is 0.395. The molecule has 6 rings (SSSR count). The summed E-state index contributed by atoms with van der Waals surface area (Å²) in [6.45, 7) is 4.11. The Labute approximate surface area is 222 Å². The van der Waals surface area contributed by atoms with Crippen LogP contribution in [0.4, 0.5) is 13.2 Å². The Kier molecular flexibility index (Phi) is 5.68. The number of benzene rings is 1. The third-order valence-electron chi connectivity index (χ3n) is 7.57. The normalized spacial score (nSPS) is 25.3. The van der Waals surface area contributed by atoms with Gasteiger partial charge >= 0.3 is 6.18 Å². The summed E-state index contributed by atoms with van der Waals surface area (Å²) in [5.41, 5.74) is 4.07. The second-order valence-corrected chi connectivity index (χ2v) is 10.4. The number of aliphatic imine (C=N–C) groups is 2. The van der Waals surface area contributed by atoms with E-state index >= 15 is 0 Å². The first-order chi connectivity index (χ1) is 18.5. The highest BCUT2D eigenvalue weighted by Crippen LogP contribution is 2.50. The van der Waals surface area contributed by atoms with Crippen molar-refractivity contribution < 1.29 is 17.9 Å². The third kappa shape index (κ3) is 4.30. The zero-order chi connectivity index (χ0) is 27.6. The Morgan fingerprint density at radius 2 is 1.87 bits per heavy atom. The third-order valence-corrected chi connectivity index (χ3v) is 7.57. The van der Waals surface area contributed by atoms with Crippen LogP contribution >= 0.6 is 0 Å². The largest absolute Gasteiger partial charge is 0.482 e. The zero-order valence-electron chi connectivity index (χ0n) is 21.9. The minimum atomic E-state index is -4.54. The molecule has 39 heavy (non-hydrogen) atoms. The van der Waals surface area contributed by atoms with Gasteiger partial charge in [-0.2, -0.15) is 18.3 Å². The molecular formula is C26H28F3N9O. The quantitative estimate of drug-likeness (QED) is 0.494. The van der Waals surface area contributed by atoms with Crippen LogP contribution in [0, 0.1) is 5.92 Å². The van der Waals surface area contributed by atoms with Crippen molar-refractivity contribution in [2.75, 3.05) is 14.2 Å². The van der Waals surface area contributed by atoms with Crippen molar-refractivity contribution in [1.82, 2.24) is 35.5 Å². The molecule has 3 aliphatic rings. The van der Waals surface area contributed by atoms with E-state index in [1.54, 1.807) is 49.6 Å². The maximum atomic E-state index is 13.3. The molecule has 1 aromatic carbocycles. The van der Waals surface area contributed by atoms with Gasteiger partial charge in [-0.05, 0) is 43.7 Å². The van der Waals surface area contributed by atoms with Gasteiger partial charge in [0.15, 0.2) is 17.1 Å². The Hall–Kier alpha value is -4.00. The van der Waals surface area contributed by atoms with Crippen LogP contribution in [0.3, 0.4) is 0 Å². The molecular weight excluding hydrogens is 511 g/mol. The number of nitrogens with one attached hydrogen (secondary N) is 2. The van der Waals surface area contributed by atoms with Crippen LogP contribution in [-0.2, 0) is 16.9 Å². The number of halogens is 3. The highest BCUT2D eigenvalue weighted by molar-refractivity contribution is 5.89. The number of hydrogen-bond acceptors (Lipinski definition) is 9. The van der Waals surface area contributed by atoms with E-state index in [0.717, 1.165) is 34.4 Å². The number of hydrazine groups is 1. The van der Waals surface area contributed by atoms with Gasteiger partial charge in [-0.1, -0.05) is 24.3 Å². The lowest BCUT2D eigenvalue weighted by Crippen LogP contribution is -2.45. The van der Waals surface area contributed by atoms with E-state index in [2.05, 4.69) is 32.7 Å². The molecule has 2 atom stereocenters. The fourth-order valence-corrected chi connectivity index (χ4v) is 5.32. The van der Waals surface area contributed by atoms with Crippen LogP contribution in [0.2, 0.25) is 0 Å². The molecule has 3 aromatic rings. The monoisotopic (exact) mass is 539 g/mol. The summed E-state index contributed by atoms with van der Waals surface area (Å²) in [6.07, 6.45) is 2.74. The average Bonchev–Trinajstić information content (AvgIpc) is 3.62. The Balaban J connectivity index is 1.29. The standard InChI is InChI=1S/C26H28F3N9O/c1-24(17-9-10-17)19(22(39-4)31-14-32-24)20-30-11-16-12-33-38(21(16)34-20)13-15-5-7-18(8-6-15)25(2)35-23(26(27,28)29)37(3)36-25/h5-8,11-12,14,17,36H,9-10,13H2,1-4H3,(H,31,32). The van der Waals surface area contributed by atoms with Crippen LogP contribution < -0.4 is 10.7 Å². The van der Waals surface area contributed by atoms with Gasteiger partial charge in [0, 0.05) is 13.2 Å². The Morgan fingerprint density at radius 1 is 1.13 bits per heavy atom. The van der Waals surface area contributed by atoms with Gasteiger partial charge in [0.1, 0.15) is 0 Å². The van der Waals surface area contributed by atoms with Gasteiger partial charge in [0.2, 0.25) is 11.7 Å². The fourth-order valence-electron chi connectivity index (χ4n) is 5.32. The molecule has 2 aromatic heterocycles. The lowest BCUT2D eigenvalue weighted by Gasteiger charge is -2.32. The number of alkyl halides is 3. The number of fused-ring (bicyclic) bond motifs is 1. The molecule has 0 radical (unpaired) electrons. The molecule has 1 saturated carbocycles. The van der Waals surface area contributed by atoms with Gasteiger partial charge in [0.25, 0.3) is 0 Å². The molecule has 4 heterocycles. The predicted octanol–water partition coefficient (Wildman–Crippen LogP) is 3.57. The van der Waals surface area contributed by atoms with Crippen molar-refractivity contribution in [2.24, 2.45) is 15.9 Å². The first kappa shape index (κ1) is 25.3. The molecule has 0 spiro atoms. The fraction of sp³-hybridized carbons (Fsp3) is 0.423. The second-order valence-electron chi connectivity index (χ2n) is 10.4. The van der Waals surface area contributed by atoms with Crippen molar-refractivity contribution in [3.63, 3.8) is 0 Å². The summed E-state index contributed by atoms with van der Waals surface area (Å²) in [4.78, 5) is 18.2. The highest BCUT2D eigenvalue weighted by atomic mass is 19.4. The molecule has 2 N–H and O–H groups in total. The molecule has 0 saturated heterocycles. The van der Waals surface area contributed by atoms with E-state index in [9.17, 15) is 13.2 Å². The SMILES string of the molecule is COC1=C(c2ncc3cnn(Cc4ccc(C5(C)N=C(C(F)(F)F)N(C)N5)cc4)c3n2)C(C)(C2CC2)N=CN1. The molecule has 13 heteroatoms. The number of aromatic nitrogens is 4. The highest BCUT2D eigenvalue weighted by Gasteiger charge is 2.49. The predicted molar refractivity (Wildman–Crippen MR) is 139 cm³/mol. The van der Waals surface area contributed by atoms with Crippen LogP contribution in [0.25, 0.3) is 16.6 Å². The summed E-state index contributed by atoms with van der Waals surface area (Å²) in [5, 5.41) is 9.29. The lowest BCUT2D eigenvalue weighted by atomic mass is 9.86. The Morgan fingerprint density at radius 3 is 2.51 bits per heavy atom. The molecule has 1 aliphatic carbocycles. The zero-order valence-corrected chi connectivity index (χ0v) is 21.9. The molecule has 2 unspecified atom stereocenters. The number of amidine groups is 1. The maximum absolute atomic E-state index is 13.3. The first-order valence-electron chi connectivity index (χ1n) is 12.6. The van der Waals surface area contributed by atoms with E-state index in [-0.39, 0.29) is 0 Å². The molecule has 2 aliphatic heterocycles. The molecule has 204 valence electrons. The van der Waals surface area contributed by atoms with Crippen molar-refractivity contribution in [3.8, 4) is 0 Å². The topological polar surface area (TPSA) is 105 Å². The average molecular weight is 540 g/mol. The van der Waals surface area contributed by atoms with E-state index < -0.39 is 23.2 Å². The minimum Gasteiger partial charge on any atom is -0.482 e. The van der Waals surface area contributed by atoms with Crippen molar-refractivity contribution in [2.45, 2.75) is 50.6 Å². The van der Waals surface area contributed by atoms with Gasteiger partial charge in [0.05, 0.1) is 42.7 Å². The van der Waals surface area contributed by atoms with E-state index in [0.29, 0.717) is 35.4 Å². The van der Waals surface area contributed by atoms with Gasteiger partial charge in [-0.25, -0.2) is 25.1 Å². The van der Waals surface area contributed by atoms with Crippen LogP contribution in [-0.4, -0.2) is 62.8 Å². The summed E-state index contributed by atoms with van der Waals surface area (Å²) < 4.78 is 47.3. The van der Waals surface area contributed by atoms with E-state index in [1.165, 1.54) is 7.05 Å². The summed E-state index contributed by atoms with van der Waals surface area (Å²) in [5.74, 6) is 0.538. The second kappa shape index (κ2) is 8.76. The summed E-state index contributed by atoms with van der Waals surface area (Å²) >= 11 is 0. The van der Waals surface area contributed by atoms with Crippen LogP contribution in [0.15, 0.2) is 52.5 Å². The molecule has 10 nitrogen and oxygen atoms in total. The van der Waals surface area contributed by atoms with E-state index in [4.69, 9.17) is 14.7 Å².